The average molecular weight is 323 g/mol. The van der Waals surface area contributed by atoms with Gasteiger partial charge >= 0.3 is 0 Å². The smallest absolute Gasteiger partial charge is 0.140 e. The highest BCUT2D eigenvalue weighted by Crippen LogP contribution is 2.21. The van der Waals surface area contributed by atoms with Crippen LogP contribution >= 0.6 is 35.6 Å². The van der Waals surface area contributed by atoms with E-state index in [9.17, 15) is 0 Å². The van der Waals surface area contributed by atoms with Crippen LogP contribution in [0.4, 0.5) is 0 Å². The van der Waals surface area contributed by atoms with E-state index in [0.29, 0.717) is 9.34 Å². The first-order valence-corrected chi connectivity index (χ1v) is 7.71. The second-order valence-corrected chi connectivity index (χ2v) is 6.57. The van der Waals surface area contributed by atoms with Crippen LogP contribution in [0.5, 0.6) is 0 Å². The Morgan fingerprint density at radius 2 is 1.95 bits per heavy atom. The molecule has 0 heterocycles. The number of thioether (sulfide) groups is 1. The number of benzene rings is 2. The molecule has 1 atom stereocenters. The summed E-state index contributed by atoms with van der Waals surface area (Å²) in [5, 5.41) is 3.76. The third-order valence-electron chi connectivity index (χ3n) is 2.71. The fourth-order valence-electron chi connectivity index (χ4n) is 1.65. The second-order valence-electron chi connectivity index (χ2n) is 4.38. The predicted molar refractivity (Wildman–Crippen MR) is 91.2 cm³/mol. The van der Waals surface area contributed by atoms with E-state index in [1.807, 2.05) is 36.4 Å². The molecule has 20 heavy (non-hydrogen) atoms. The normalized spacial score (nSPS) is 11.9. The van der Waals surface area contributed by atoms with Gasteiger partial charge in [0, 0.05) is 9.92 Å². The number of nitrogens with one attached hydrogen (secondary N) is 1. The Labute approximate surface area is 133 Å². The molecule has 0 spiro atoms. The molecule has 0 saturated heterocycles. The molecule has 0 aliphatic carbocycles. The Morgan fingerprint density at radius 3 is 2.60 bits per heavy atom. The van der Waals surface area contributed by atoms with Crippen molar-refractivity contribution in [2.24, 2.45) is 5.73 Å². The molecule has 0 bridgehead atoms. The third-order valence-corrected chi connectivity index (χ3v) is 4.13. The molecule has 104 valence electrons. The van der Waals surface area contributed by atoms with Gasteiger partial charge in [0.05, 0.1) is 0 Å². The molecule has 0 aromatic heterocycles. The minimum atomic E-state index is -0.362. The SMILES string of the molecule is Cc1ccc(SC(=S)NC(N)c2cccc(Cl)c2)cc1. The number of hydrogen-bond acceptors (Lipinski definition) is 3. The lowest BCUT2D eigenvalue weighted by Crippen LogP contribution is -2.31. The van der Waals surface area contributed by atoms with E-state index in [0.717, 1.165) is 10.5 Å². The maximum atomic E-state index is 6.07. The van der Waals surface area contributed by atoms with Crippen LogP contribution in [0.25, 0.3) is 0 Å². The standard InChI is InChI=1S/C15H15ClN2S2/c1-10-5-7-13(8-6-10)20-15(19)18-14(17)11-3-2-4-12(16)9-11/h2-9,14H,17H2,1H3,(H,18,19). The highest BCUT2D eigenvalue weighted by molar-refractivity contribution is 8.23. The first-order chi connectivity index (χ1) is 9.54. The minimum Gasteiger partial charge on any atom is -0.352 e. The van der Waals surface area contributed by atoms with Gasteiger partial charge in [-0.1, -0.05) is 65.4 Å². The number of thiocarbonyl (C=S) groups is 1. The van der Waals surface area contributed by atoms with E-state index in [1.54, 1.807) is 0 Å². The van der Waals surface area contributed by atoms with Crippen molar-refractivity contribution in [2.45, 2.75) is 18.0 Å². The van der Waals surface area contributed by atoms with Crippen molar-refractivity contribution in [1.82, 2.24) is 5.32 Å². The van der Waals surface area contributed by atoms with Crippen LogP contribution in [-0.2, 0) is 0 Å². The second kappa shape index (κ2) is 7.09. The molecule has 2 aromatic carbocycles. The topological polar surface area (TPSA) is 38.0 Å². The number of aryl methyl sites for hydroxylation is 1. The summed E-state index contributed by atoms with van der Waals surface area (Å²) in [7, 11) is 0. The monoisotopic (exact) mass is 322 g/mol. The van der Waals surface area contributed by atoms with Crippen LogP contribution in [0.2, 0.25) is 5.02 Å². The zero-order valence-electron chi connectivity index (χ0n) is 11.0. The van der Waals surface area contributed by atoms with Crippen molar-refractivity contribution in [3.63, 3.8) is 0 Å². The van der Waals surface area contributed by atoms with Crippen molar-refractivity contribution in [1.29, 1.82) is 0 Å². The van der Waals surface area contributed by atoms with Gasteiger partial charge in [0.15, 0.2) is 0 Å². The van der Waals surface area contributed by atoms with Gasteiger partial charge in [-0.05, 0) is 36.8 Å². The Hall–Kier alpha value is -1.07. The average Bonchev–Trinajstić information content (AvgIpc) is 2.41. The van der Waals surface area contributed by atoms with Gasteiger partial charge in [-0.3, -0.25) is 0 Å². The van der Waals surface area contributed by atoms with E-state index in [1.165, 1.54) is 17.3 Å². The molecule has 2 aromatic rings. The van der Waals surface area contributed by atoms with Gasteiger partial charge in [-0.15, -0.1) is 0 Å². The van der Waals surface area contributed by atoms with E-state index in [2.05, 4.69) is 24.4 Å². The Kier molecular flexibility index (Phi) is 5.43. The lowest BCUT2D eigenvalue weighted by molar-refractivity contribution is 0.693. The van der Waals surface area contributed by atoms with Gasteiger partial charge in [0.2, 0.25) is 0 Å². The molecule has 0 amide bonds. The summed E-state index contributed by atoms with van der Waals surface area (Å²) in [6, 6.07) is 15.6. The van der Waals surface area contributed by atoms with E-state index in [-0.39, 0.29) is 6.17 Å². The Balaban J connectivity index is 1.95. The van der Waals surface area contributed by atoms with E-state index in [4.69, 9.17) is 29.6 Å². The molecule has 0 radical (unpaired) electrons. The number of hydrogen-bond donors (Lipinski definition) is 2. The largest absolute Gasteiger partial charge is 0.352 e. The summed E-state index contributed by atoms with van der Waals surface area (Å²) in [6.45, 7) is 2.06. The molecule has 0 fully saturated rings. The van der Waals surface area contributed by atoms with Crippen LogP contribution < -0.4 is 11.1 Å². The van der Waals surface area contributed by atoms with Gasteiger partial charge in [0.25, 0.3) is 0 Å². The Morgan fingerprint density at radius 1 is 1.25 bits per heavy atom. The van der Waals surface area contributed by atoms with Crippen molar-refractivity contribution in [3.8, 4) is 0 Å². The van der Waals surface area contributed by atoms with Crippen LogP contribution in [0.15, 0.2) is 53.4 Å². The molecule has 5 heteroatoms. The molecule has 1 unspecified atom stereocenters. The zero-order chi connectivity index (χ0) is 14.5. The van der Waals surface area contributed by atoms with Crippen molar-refractivity contribution in [3.05, 3.63) is 64.7 Å². The summed E-state index contributed by atoms with van der Waals surface area (Å²) in [4.78, 5) is 1.09. The lowest BCUT2D eigenvalue weighted by atomic mass is 10.2. The van der Waals surface area contributed by atoms with E-state index < -0.39 is 0 Å². The summed E-state index contributed by atoms with van der Waals surface area (Å²) < 4.78 is 0.640. The van der Waals surface area contributed by atoms with Crippen LogP contribution in [0.3, 0.4) is 0 Å². The number of nitrogens with two attached hydrogens (primary N) is 1. The highest BCUT2D eigenvalue weighted by atomic mass is 35.5. The van der Waals surface area contributed by atoms with Crippen LogP contribution in [0.1, 0.15) is 17.3 Å². The number of halogens is 1. The maximum absolute atomic E-state index is 6.07. The molecule has 2 nitrogen and oxygen atoms in total. The minimum absolute atomic E-state index is 0.362. The van der Waals surface area contributed by atoms with Gasteiger partial charge in [-0.25, -0.2) is 0 Å². The summed E-state index contributed by atoms with van der Waals surface area (Å²) >= 11 is 12.8. The van der Waals surface area contributed by atoms with Crippen LogP contribution in [-0.4, -0.2) is 4.32 Å². The van der Waals surface area contributed by atoms with Gasteiger partial charge < -0.3 is 11.1 Å². The predicted octanol–water partition coefficient (Wildman–Crippen LogP) is 4.27. The molecule has 2 rings (SSSR count). The first-order valence-electron chi connectivity index (χ1n) is 6.10. The summed E-state index contributed by atoms with van der Waals surface area (Å²) in [5.41, 5.74) is 8.20. The molecule has 3 N–H and O–H groups in total. The first kappa shape index (κ1) is 15.3. The lowest BCUT2D eigenvalue weighted by Gasteiger charge is -2.16. The highest BCUT2D eigenvalue weighted by Gasteiger charge is 2.08. The van der Waals surface area contributed by atoms with Gasteiger partial charge in [-0.2, -0.15) is 0 Å². The maximum Gasteiger partial charge on any atom is 0.140 e. The van der Waals surface area contributed by atoms with Gasteiger partial charge in [0.1, 0.15) is 10.5 Å². The fourth-order valence-corrected chi connectivity index (χ4v) is 2.94. The van der Waals surface area contributed by atoms with Crippen LogP contribution in [0, 0.1) is 6.92 Å². The third kappa shape index (κ3) is 4.49. The molecule has 0 aliphatic heterocycles. The molecule has 0 aliphatic rings. The molecule has 0 saturated carbocycles. The number of rotatable bonds is 3. The molecular formula is C15H15ClN2S2. The summed E-state index contributed by atoms with van der Waals surface area (Å²) in [6.07, 6.45) is -0.362. The Bertz CT molecular complexity index is 599. The summed E-state index contributed by atoms with van der Waals surface area (Å²) in [5.74, 6) is 0. The quantitative estimate of drug-likeness (QED) is 0.503. The fraction of sp³-hybridized carbons (Fsp3) is 0.133. The van der Waals surface area contributed by atoms with E-state index >= 15 is 0 Å². The molecular weight excluding hydrogens is 308 g/mol. The van der Waals surface area contributed by atoms with Crippen molar-refractivity contribution < 1.29 is 0 Å². The van der Waals surface area contributed by atoms with Crippen molar-refractivity contribution >= 4 is 39.9 Å². The zero-order valence-corrected chi connectivity index (χ0v) is 13.4. The van der Waals surface area contributed by atoms with Crippen molar-refractivity contribution in [2.75, 3.05) is 0 Å².